The minimum Gasteiger partial charge on any atom is -0.481 e. The van der Waals surface area contributed by atoms with Crippen LogP contribution in [-0.4, -0.2) is 6.61 Å². The maximum absolute atomic E-state index is 5.76. The number of hydrogen-bond donors (Lipinski definition) is 1. The smallest absolute Gasteiger partial charge is 0.148 e. The Morgan fingerprint density at radius 2 is 2.29 bits per heavy atom. The summed E-state index contributed by atoms with van der Waals surface area (Å²) in [5.74, 6) is 3.26. The second-order valence-electron chi connectivity index (χ2n) is 3.31. The molecule has 1 aromatic rings. The maximum Gasteiger partial charge on any atom is 0.148 e. The van der Waals surface area contributed by atoms with Gasteiger partial charge in [-0.1, -0.05) is 18.1 Å². The molecule has 1 aromatic carbocycles. The van der Waals surface area contributed by atoms with Gasteiger partial charge in [-0.2, -0.15) is 0 Å². The van der Waals surface area contributed by atoms with Crippen molar-refractivity contribution in [2.24, 2.45) is 5.73 Å². The Morgan fingerprint density at radius 1 is 1.57 bits per heavy atom. The summed E-state index contributed by atoms with van der Waals surface area (Å²) in [6, 6.07) is 5.95. The van der Waals surface area contributed by atoms with E-state index < -0.39 is 0 Å². The van der Waals surface area contributed by atoms with Crippen molar-refractivity contribution in [3.63, 3.8) is 0 Å². The molecule has 0 aliphatic carbocycles. The summed E-state index contributed by atoms with van der Waals surface area (Å²) in [6.07, 6.45) is 5.11. The molecule has 1 rings (SSSR count). The van der Waals surface area contributed by atoms with E-state index in [-0.39, 0.29) is 6.04 Å². The number of hydrogen-bond acceptors (Lipinski definition) is 2. The molecular formula is C12H15NO. The van der Waals surface area contributed by atoms with Gasteiger partial charge in [0.15, 0.2) is 0 Å². The largest absolute Gasteiger partial charge is 0.481 e. The highest BCUT2D eigenvalue weighted by atomic mass is 16.5. The lowest BCUT2D eigenvalue weighted by molar-refractivity contribution is 0.367. The molecule has 0 aliphatic heterocycles. The van der Waals surface area contributed by atoms with Crippen molar-refractivity contribution in [2.75, 3.05) is 6.61 Å². The molecule has 1 unspecified atom stereocenters. The summed E-state index contributed by atoms with van der Waals surface area (Å²) in [7, 11) is 0. The van der Waals surface area contributed by atoms with Gasteiger partial charge in [0, 0.05) is 6.04 Å². The zero-order chi connectivity index (χ0) is 10.6. The van der Waals surface area contributed by atoms with Crippen molar-refractivity contribution in [3.8, 4) is 18.1 Å². The topological polar surface area (TPSA) is 35.2 Å². The van der Waals surface area contributed by atoms with E-state index in [2.05, 4.69) is 5.92 Å². The van der Waals surface area contributed by atoms with Crippen LogP contribution in [0.1, 0.15) is 24.1 Å². The molecule has 1 atom stereocenters. The van der Waals surface area contributed by atoms with Gasteiger partial charge in [-0.3, -0.25) is 0 Å². The van der Waals surface area contributed by atoms with Gasteiger partial charge in [0.1, 0.15) is 12.4 Å². The van der Waals surface area contributed by atoms with E-state index in [4.69, 9.17) is 16.9 Å². The molecule has 0 spiro atoms. The fourth-order valence-corrected chi connectivity index (χ4v) is 1.24. The van der Waals surface area contributed by atoms with Crippen molar-refractivity contribution in [2.45, 2.75) is 19.9 Å². The molecule has 0 amide bonds. The van der Waals surface area contributed by atoms with Gasteiger partial charge in [0.05, 0.1) is 0 Å². The van der Waals surface area contributed by atoms with Crippen LogP contribution in [0.2, 0.25) is 0 Å². The molecule has 0 radical (unpaired) electrons. The second kappa shape index (κ2) is 4.69. The lowest BCUT2D eigenvalue weighted by atomic mass is 10.1. The van der Waals surface area contributed by atoms with Gasteiger partial charge in [-0.25, -0.2) is 0 Å². The number of terminal acetylenes is 1. The molecular weight excluding hydrogens is 174 g/mol. The Labute approximate surface area is 85.1 Å². The predicted molar refractivity (Wildman–Crippen MR) is 58.1 cm³/mol. The predicted octanol–water partition coefficient (Wildman–Crippen LogP) is 2.03. The normalized spacial score (nSPS) is 11.9. The highest BCUT2D eigenvalue weighted by molar-refractivity contribution is 5.37. The Hall–Kier alpha value is -1.46. The summed E-state index contributed by atoms with van der Waals surface area (Å²) in [5, 5.41) is 0. The molecule has 0 bridgehead atoms. The molecule has 0 fully saturated rings. The van der Waals surface area contributed by atoms with Crippen LogP contribution >= 0.6 is 0 Å². The van der Waals surface area contributed by atoms with E-state index in [1.165, 1.54) is 0 Å². The van der Waals surface area contributed by atoms with Gasteiger partial charge in [-0.15, -0.1) is 6.42 Å². The van der Waals surface area contributed by atoms with E-state index >= 15 is 0 Å². The Balaban J connectivity index is 2.85. The molecule has 74 valence electrons. The molecule has 0 aliphatic rings. The molecule has 0 saturated carbocycles. The fourth-order valence-electron chi connectivity index (χ4n) is 1.24. The summed E-state index contributed by atoms with van der Waals surface area (Å²) >= 11 is 0. The fraction of sp³-hybridized carbons (Fsp3) is 0.333. The number of nitrogens with two attached hydrogens (primary N) is 1. The third kappa shape index (κ3) is 2.51. The summed E-state index contributed by atoms with van der Waals surface area (Å²) in [5.41, 5.74) is 7.93. The molecule has 2 heteroatoms. The second-order valence-corrected chi connectivity index (χ2v) is 3.31. The Kier molecular flexibility index (Phi) is 3.55. The first kappa shape index (κ1) is 10.6. The van der Waals surface area contributed by atoms with Gasteiger partial charge < -0.3 is 10.5 Å². The molecule has 0 saturated heterocycles. The summed E-state index contributed by atoms with van der Waals surface area (Å²) < 4.78 is 5.34. The lowest BCUT2D eigenvalue weighted by Gasteiger charge is -2.10. The van der Waals surface area contributed by atoms with Crippen LogP contribution < -0.4 is 10.5 Å². The lowest BCUT2D eigenvalue weighted by Crippen LogP contribution is -2.05. The third-order valence-electron chi connectivity index (χ3n) is 2.04. The summed E-state index contributed by atoms with van der Waals surface area (Å²) in [4.78, 5) is 0. The minimum absolute atomic E-state index is 0.0513. The zero-order valence-electron chi connectivity index (χ0n) is 8.58. The van der Waals surface area contributed by atoms with E-state index in [1.54, 1.807) is 0 Å². The van der Waals surface area contributed by atoms with E-state index in [0.717, 1.165) is 16.9 Å². The van der Waals surface area contributed by atoms with Crippen molar-refractivity contribution >= 4 is 0 Å². The van der Waals surface area contributed by atoms with Crippen molar-refractivity contribution in [3.05, 3.63) is 29.3 Å². The number of benzene rings is 1. The van der Waals surface area contributed by atoms with Crippen LogP contribution in [0.25, 0.3) is 0 Å². The highest BCUT2D eigenvalue weighted by Gasteiger charge is 2.03. The summed E-state index contributed by atoms with van der Waals surface area (Å²) in [6.45, 7) is 4.24. The van der Waals surface area contributed by atoms with Gasteiger partial charge >= 0.3 is 0 Å². The van der Waals surface area contributed by atoms with Crippen molar-refractivity contribution in [1.29, 1.82) is 0 Å². The average molecular weight is 189 g/mol. The number of aryl methyl sites for hydroxylation is 1. The van der Waals surface area contributed by atoms with Gasteiger partial charge in [0.25, 0.3) is 0 Å². The first-order valence-corrected chi connectivity index (χ1v) is 4.57. The Morgan fingerprint density at radius 3 is 2.79 bits per heavy atom. The number of ether oxygens (including phenoxy) is 1. The average Bonchev–Trinajstić information content (AvgIpc) is 2.15. The van der Waals surface area contributed by atoms with Crippen LogP contribution in [0.5, 0.6) is 5.75 Å². The molecule has 0 aromatic heterocycles. The molecule has 14 heavy (non-hydrogen) atoms. The quantitative estimate of drug-likeness (QED) is 0.738. The molecule has 2 nitrogen and oxygen atoms in total. The van der Waals surface area contributed by atoms with Crippen LogP contribution in [0, 0.1) is 19.3 Å². The van der Waals surface area contributed by atoms with E-state index in [1.807, 2.05) is 32.0 Å². The van der Waals surface area contributed by atoms with Crippen LogP contribution in [0.4, 0.5) is 0 Å². The van der Waals surface area contributed by atoms with E-state index in [9.17, 15) is 0 Å². The van der Waals surface area contributed by atoms with Gasteiger partial charge in [0.2, 0.25) is 0 Å². The van der Waals surface area contributed by atoms with Crippen molar-refractivity contribution < 1.29 is 4.74 Å². The maximum atomic E-state index is 5.76. The standard InChI is InChI=1S/C12H15NO/c1-4-7-14-12-6-5-11(10(3)13)8-9(12)2/h1,5-6,8,10H,7,13H2,2-3H3. The third-order valence-corrected chi connectivity index (χ3v) is 2.04. The van der Waals surface area contributed by atoms with Crippen molar-refractivity contribution in [1.82, 2.24) is 0 Å². The molecule has 2 N–H and O–H groups in total. The zero-order valence-corrected chi connectivity index (χ0v) is 8.58. The van der Waals surface area contributed by atoms with Gasteiger partial charge in [-0.05, 0) is 31.0 Å². The first-order chi connectivity index (χ1) is 6.65. The molecule has 0 heterocycles. The van der Waals surface area contributed by atoms with E-state index in [0.29, 0.717) is 6.61 Å². The monoisotopic (exact) mass is 189 g/mol. The van der Waals surface area contributed by atoms with Crippen LogP contribution in [-0.2, 0) is 0 Å². The SMILES string of the molecule is C#CCOc1ccc(C(C)N)cc1C. The number of rotatable bonds is 3. The van der Waals surface area contributed by atoms with Crippen LogP contribution in [0.15, 0.2) is 18.2 Å². The Bertz CT molecular complexity index is 350. The highest BCUT2D eigenvalue weighted by Crippen LogP contribution is 2.21. The first-order valence-electron chi connectivity index (χ1n) is 4.57. The van der Waals surface area contributed by atoms with Crippen LogP contribution in [0.3, 0.4) is 0 Å². The minimum atomic E-state index is 0.0513.